The zero-order chi connectivity index (χ0) is 22.9. The van der Waals surface area contributed by atoms with E-state index in [0.29, 0.717) is 28.5 Å². The molecule has 0 saturated carbocycles. The van der Waals surface area contributed by atoms with Gasteiger partial charge in [-0.05, 0) is 17.7 Å². The topological polar surface area (TPSA) is 121 Å². The number of β-lactam (4-membered cyclic amide) rings is 1. The van der Waals surface area contributed by atoms with Gasteiger partial charge < -0.3 is 24.1 Å². The van der Waals surface area contributed by atoms with Crippen LogP contribution < -0.4 is 23.8 Å². The van der Waals surface area contributed by atoms with Crippen LogP contribution in [-0.4, -0.2) is 60.2 Å². The van der Waals surface area contributed by atoms with Crippen LogP contribution in [0.1, 0.15) is 11.6 Å². The number of carbonyl (C=O) groups excluding carboxylic acids is 1. The molecular weight excluding hydrogens is 430 g/mol. The van der Waals surface area contributed by atoms with Crippen molar-refractivity contribution in [3.8, 4) is 28.7 Å². The smallest absolute Gasteiger partial charge is 0.265 e. The van der Waals surface area contributed by atoms with E-state index >= 15 is 0 Å². The molecule has 1 aliphatic rings. The lowest BCUT2D eigenvalue weighted by Crippen LogP contribution is -2.60. The van der Waals surface area contributed by atoms with Crippen molar-refractivity contribution in [2.45, 2.75) is 12.1 Å². The van der Waals surface area contributed by atoms with Crippen molar-refractivity contribution in [3.05, 3.63) is 35.9 Å². The molecule has 0 radical (unpaired) electrons. The number of rotatable bonds is 8. The highest BCUT2D eigenvalue weighted by atomic mass is 32.2. The molecule has 0 spiro atoms. The summed E-state index contributed by atoms with van der Waals surface area (Å²) in [5.74, 6) is 0.447. The SMILES string of the molecule is COc1ccc(C2C(OS(C)(=O)=O)C(=O)N2c2cc(OC)c(OC)c(OC)c2)cc1O. The van der Waals surface area contributed by atoms with Gasteiger partial charge in [0.25, 0.3) is 16.0 Å². The van der Waals surface area contributed by atoms with Crippen molar-refractivity contribution >= 4 is 21.7 Å². The van der Waals surface area contributed by atoms with Crippen LogP contribution in [0.3, 0.4) is 0 Å². The predicted molar refractivity (Wildman–Crippen MR) is 111 cm³/mol. The Labute approximate surface area is 180 Å². The Kier molecular flexibility index (Phi) is 6.18. The molecule has 3 rings (SSSR count). The number of benzene rings is 2. The zero-order valence-electron chi connectivity index (χ0n) is 17.6. The van der Waals surface area contributed by atoms with Crippen molar-refractivity contribution in [2.75, 3.05) is 39.6 Å². The summed E-state index contributed by atoms with van der Waals surface area (Å²) < 4.78 is 49.6. The van der Waals surface area contributed by atoms with E-state index in [1.165, 1.54) is 45.5 Å². The number of hydrogen-bond donors (Lipinski definition) is 1. The normalized spacial score (nSPS) is 18.4. The fraction of sp³-hybridized carbons (Fsp3) is 0.350. The summed E-state index contributed by atoms with van der Waals surface area (Å²) in [4.78, 5) is 14.3. The van der Waals surface area contributed by atoms with Crippen LogP contribution in [0.5, 0.6) is 28.7 Å². The summed E-state index contributed by atoms with van der Waals surface area (Å²) in [6.45, 7) is 0. The van der Waals surface area contributed by atoms with Gasteiger partial charge in [0.05, 0.1) is 46.4 Å². The van der Waals surface area contributed by atoms with E-state index in [9.17, 15) is 18.3 Å². The number of ether oxygens (including phenoxy) is 4. The van der Waals surface area contributed by atoms with Crippen LogP contribution in [0.2, 0.25) is 0 Å². The number of phenolic OH excluding ortho intramolecular Hbond substituents is 1. The number of amides is 1. The van der Waals surface area contributed by atoms with Gasteiger partial charge in [-0.15, -0.1) is 0 Å². The first-order chi connectivity index (χ1) is 14.6. The van der Waals surface area contributed by atoms with E-state index in [1.54, 1.807) is 18.2 Å². The number of phenols is 1. The molecule has 2 aromatic carbocycles. The van der Waals surface area contributed by atoms with Gasteiger partial charge in [-0.2, -0.15) is 8.42 Å². The molecule has 2 unspecified atom stereocenters. The molecule has 11 heteroatoms. The minimum Gasteiger partial charge on any atom is -0.504 e. The Morgan fingerprint density at radius 1 is 0.903 bits per heavy atom. The van der Waals surface area contributed by atoms with Crippen molar-refractivity contribution in [1.82, 2.24) is 0 Å². The van der Waals surface area contributed by atoms with Gasteiger partial charge in [-0.1, -0.05) is 6.07 Å². The van der Waals surface area contributed by atoms with Gasteiger partial charge >= 0.3 is 0 Å². The van der Waals surface area contributed by atoms with Gasteiger partial charge in [0, 0.05) is 12.1 Å². The maximum Gasteiger partial charge on any atom is 0.265 e. The fourth-order valence-electron chi connectivity index (χ4n) is 3.45. The molecule has 0 aromatic heterocycles. The first-order valence-electron chi connectivity index (χ1n) is 9.03. The summed E-state index contributed by atoms with van der Waals surface area (Å²) in [6, 6.07) is 6.79. The first kappa shape index (κ1) is 22.5. The molecule has 1 fully saturated rings. The van der Waals surface area contributed by atoms with Crippen LogP contribution in [-0.2, 0) is 19.1 Å². The van der Waals surface area contributed by atoms with Crippen LogP contribution in [0.15, 0.2) is 30.3 Å². The second kappa shape index (κ2) is 8.52. The fourth-order valence-corrected chi connectivity index (χ4v) is 4.02. The zero-order valence-corrected chi connectivity index (χ0v) is 18.4. The molecule has 0 aliphatic carbocycles. The highest BCUT2D eigenvalue weighted by Crippen LogP contribution is 2.48. The minimum atomic E-state index is -3.93. The summed E-state index contributed by atoms with van der Waals surface area (Å²) in [6.07, 6.45) is -0.438. The molecule has 2 atom stereocenters. The molecule has 10 nitrogen and oxygen atoms in total. The molecule has 1 amide bonds. The average Bonchev–Trinajstić information content (AvgIpc) is 2.73. The summed E-state index contributed by atoms with van der Waals surface area (Å²) in [7, 11) is 1.80. The van der Waals surface area contributed by atoms with E-state index in [1.807, 2.05) is 0 Å². The molecule has 1 heterocycles. The Bertz CT molecular complexity index is 1070. The van der Waals surface area contributed by atoms with Gasteiger partial charge in [0.15, 0.2) is 29.1 Å². The quantitative estimate of drug-likeness (QED) is 0.471. The molecule has 0 bridgehead atoms. The lowest BCUT2D eigenvalue weighted by molar-refractivity contribution is -0.134. The Morgan fingerprint density at radius 2 is 1.48 bits per heavy atom. The van der Waals surface area contributed by atoms with E-state index in [0.717, 1.165) is 6.26 Å². The van der Waals surface area contributed by atoms with Crippen LogP contribution >= 0.6 is 0 Å². The Balaban J connectivity index is 2.12. The summed E-state index contributed by atoms with van der Waals surface area (Å²) >= 11 is 0. The average molecular weight is 453 g/mol. The van der Waals surface area contributed by atoms with Gasteiger partial charge in [-0.25, -0.2) is 0 Å². The number of methoxy groups -OCH3 is 4. The van der Waals surface area contributed by atoms with E-state index in [-0.39, 0.29) is 11.5 Å². The number of carbonyl (C=O) groups is 1. The number of hydrogen-bond acceptors (Lipinski definition) is 9. The molecular formula is C20H23NO9S. The van der Waals surface area contributed by atoms with Gasteiger partial charge in [0.1, 0.15) is 0 Å². The third kappa shape index (κ3) is 4.19. The highest BCUT2D eigenvalue weighted by Gasteiger charge is 2.52. The van der Waals surface area contributed by atoms with Crippen molar-refractivity contribution in [2.24, 2.45) is 0 Å². The minimum absolute atomic E-state index is 0.165. The maximum absolute atomic E-state index is 12.9. The number of aromatic hydroxyl groups is 1. The Hall–Kier alpha value is -3.18. The third-order valence-electron chi connectivity index (χ3n) is 4.80. The number of nitrogens with zero attached hydrogens (tertiary/aromatic N) is 1. The van der Waals surface area contributed by atoms with Crippen molar-refractivity contribution < 1.29 is 41.4 Å². The van der Waals surface area contributed by atoms with Crippen molar-refractivity contribution in [3.63, 3.8) is 0 Å². The lowest BCUT2D eigenvalue weighted by atomic mass is 9.89. The van der Waals surface area contributed by atoms with Gasteiger partial charge in [-0.3, -0.25) is 13.9 Å². The van der Waals surface area contributed by atoms with Crippen LogP contribution in [0, 0.1) is 0 Å². The standard InChI is InChI=1S/C20H23NO9S/c1-26-14-7-6-11(8-13(14)22)17-19(30-31(5,24)25)20(23)21(17)12-9-15(27-2)18(29-4)16(10-12)28-3/h6-10,17,19,22H,1-5H3. The number of anilines is 1. The lowest BCUT2D eigenvalue weighted by Gasteiger charge is -2.46. The van der Waals surface area contributed by atoms with E-state index in [2.05, 4.69) is 0 Å². The summed E-state index contributed by atoms with van der Waals surface area (Å²) in [5.41, 5.74) is 0.813. The molecule has 1 saturated heterocycles. The second-order valence-electron chi connectivity index (χ2n) is 6.69. The Morgan fingerprint density at radius 3 is 1.94 bits per heavy atom. The molecule has 168 valence electrons. The van der Waals surface area contributed by atoms with Gasteiger partial charge in [0.2, 0.25) is 5.75 Å². The second-order valence-corrected chi connectivity index (χ2v) is 8.29. The highest BCUT2D eigenvalue weighted by molar-refractivity contribution is 7.86. The molecule has 31 heavy (non-hydrogen) atoms. The van der Waals surface area contributed by atoms with Crippen LogP contribution in [0.4, 0.5) is 5.69 Å². The largest absolute Gasteiger partial charge is 0.504 e. The third-order valence-corrected chi connectivity index (χ3v) is 5.35. The molecule has 1 N–H and O–H groups in total. The first-order valence-corrected chi connectivity index (χ1v) is 10.8. The molecule has 1 aliphatic heterocycles. The van der Waals surface area contributed by atoms with Crippen molar-refractivity contribution in [1.29, 1.82) is 0 Å². The monoisotopic (exact) mass is 453 g/mol. The van der Waals surface area contributed by atoms with E-state index < -0.39 is 28.2 Å². The predicted octanol–water partition coefficient (Wildman–Crippen LogP) is 1.86. The van der Waals surface area contributed by atoms with Crippen LogP contribution in [0.25, 0.3) is 0 Å². The van der Waals surface area contributed by atoms with E-state index in [4.69, 9.17) is 23.1 Å². The molecule has 2 aromatic rings. The summed E-state index contributed by atoms with van der Waals surface area (Å²) in [5, 5.41) is 10.2. The maximum atomic E-state index is 12.9.